The van der Waals surface area contributed by atoms with Crippen molar-refractivity contribution in [3.05, 3.63) is 39.9 Å². The Morgan fingerprint density at radius 3 is 2.64 bits per heavy atom. The van der Waals surface area contributed by atoms with Gasteiger partial charge < -0.3 is 5.73 Å². The number of nitrogens with two attached hydrogens (primary N) is 1. The molecule has 1 aromatic rings. The monoisotopic (exact) mass is 194 g/mol. The minimum atomic E-state index is -0.336. The number of hydrogen-bond acceptors (Lipinski definition) is 3. The lowest BCUT2D eigenvalue weighted by Crippen LogP contribution is -2.00. The van der Waals surface area contributed by atoms with Crippen LogP contribution >= 0.6 is 0 Å². The van der Waals surface area contributed by atoms with Gasteiger partial charge in [0.05, 0.1) is 4.92 Å². The summed E-state index contributed by atoms with van der Waals surface area (Å²) in [5.41, 5.74) is 6.37. The molecule has 0 aliphatic carbocycles. The Morgan fingerprint density at radius 1 is 1.29 bits per heavy atom. The molecule has 0 aromatic heterocycles. The fraction of sp³-hybridized carbons (Fsp3) is 0.400. The van der Waals surface area contributed by atoms with E-state index in [0.29, 0.717) is 6.54 Å². The van der Waals surface area contributed by atoms with Crippen LogP contribution in [0, 0.1) is 10.1 Å². The highest BCUT2D eigenvalue weighted by Gasteiger charge is 2.10. The van der Waals surface area contributed by atoms with Gasteiger partial charge >= 0.3 is 0 Å². The van der Waals surface area contributed by atoms with E-state index in [-0.39, 0.29) is 10.6 Å². The fourth-order valence-electron chi connectivity index (χ4n) is 1.36. The highest BCUT2D eigenvalue weighted by molar-refractivity contribution is 5.39. The first-order valence-electron chi connectivity index (χ1n) is 4.68. The van der Waals surface area contributed by atoms with Crippen LogP contribution in [0.4, 0.5) is 5.69 Å². The molecule has 0 aliphatic heterocycles. The summed E-state index contributed by atoms with van der Waals surface area (Å²) < 4.78 is 0. The largest absolute Gasteiger partial charge is 0.330 e. The molecule has 0 bridgehead atoms. The standard InChI is InChI=1S/C10H14N2O2/c11-8-4-3-6-9-5-1-2-7-10(9)12(13)14/h1-2,5,7H,3-4,6,8,11H2. The first kappa shape index (κ1) is 10.7. The van der Waals surface area contributed by atoms with Crippen molar-refractivity contribution < 1.29 is 4.92 Å². The van der Waals surface area contributed by atoms with E-state index >= 15 is 0 Å². The van der Waals surface area contributed by atoms with E-state index in [4.69, 9.17) is 5.73 Å². The second-order valence-corrected chi connectivity index (χ2v) is 3.13. The van der Waals surface area contributed by atoms with Gasteiger partial charge in [-0.25, -0.2) is 0 Å². The Bertz CT molecular complexity index is 313. The lowest BCUT2D eigenvalue weighted by Gasteiger charge is -2.01. The zero-order valence-electron chi connectivity index (χ0n) is 7.98. The average Bonchev–Trinajstić information content (AvgIpc) is 2.19. The predicted octanol–water partition coefficient (Wildman–Crippen LogP) is 1.88. The van der Waals surface area contributed by atoms with Crippen molar-refractivity contribution >= 4 is 5.69 Å². The molecule has 2 N–H and O–H groups in total. The van der Waals surface area contributed by atoms with Crippen LogP contribution in [0.15, 0.2) is 24.3 Å². The SMILES string of the molecule is NCCCCc1ccccc1[N+](=O)[O-]. The van der Waals surface area contributed by atoms with Gasteiger partial charge in [0.15, 0.2) is 0 Å². The highest BCUT2D eigenvalue weighted by atomic mass is 16.6. The summed E-state index contributed by atoms with van der Waals surface area (Å²) in [7, 11) is 0. The molecule has 0 fully saturated rings. The van der Waals surface area contributed by atoms with Crippen LogP contribution in [0.25, 0.3) is 0 Å². The third-order valence-electron chi connectivity index (χ3n) is 2.09. The summed E-state index contributed by atoms with van der Waals surface area (Å²) in [5, 5.41) is 10.6. The minimum absolute atomic E-state index is 0.213. The molecule has 14 heavy (non-hydrogen) atoms. The van der Waals surface area contributed by atoms with Gasteiger partial charge in [-0.3, -0.25) is 10.1 Å². The summed E-state index contributed by atoms with van der Waals surface area (Å²) in [5.74, 6) is 0. The summed E-state index contributed by atoms with van der Waals surface area (Å²) in [6, 6.07) is 6.85. The van der Waals surface area contributed by atoms with Gasteiger partial charge in [-0.15, -0.1) is 0 Å². The van der Waals surface area contributed by atoms with Crippen molar-refractivity contribution in [2.75, 3.05) is 6.54 Å². The number of hydrogen-bond donors (Lipinski definition) is 1. The van der Waals surface area contributed by atoms with Crippen LogP contribution in [0.2, 0.25) is 0 Å². The Hall–Kier alpha value is -1.42. The Labute approximate surface area is 82.9 Å². The molecule has 4 nitrogen and oxygen atoms in total. The molecule has 0 saturated carbocycles. The van der Waals surface area contributed by atoms with E-state index in [1.165, 1.54) is 6.07 Å². The number of rotatable bonds is 5. The second-order valence-electron chi connectivity index (χ2n) is 3.13. The van der Waals surface area contributed by atoms with Crippen molar-refractivity contribution in [3.63, 3.8) is 0 Å². The van der Waals surface area contributed by atoms with Gasteiger partial charge in [0.25, 0.3) is 5.69 Å². The molecule has 1 rings (SSSR count). The van der Waals surface area contributed by atoms with E-state index < -0.39 is 0 Å². The van der Waals surface area contributed by atoms with Gasteiger partial charge in [-0.05, 0) is 25.8 Å². The maximum absolute atomic E-state index is 10.6. The number of nitrogens with zero attached hydrogens (tertiary/aromatic N) is 1. The average molecular weight is 194 g/mol. The number of aryl methyl sites for hydroxylation is 1. The Balaban J connectivity index is 2.69. The van der Waals surface area contributed by atoms with E-state index in [2.05, 4.69) is 0 Å². The van der Waals surface area contributed by atoms with Gasteiger partial charge in [-0.1, -0.05) is 18.2 Å². The van der Waals surface area contributed by atoms with Crippen molar-refractivity contribution in [1.29, 1.82) is 0 Å². The number of benzene rings is 1. The normalized spacial score (nSPS) is 10.1. The smallest absolute Gasteiger partial charge is 0.272 e. The number of unbranched alkanes of at least 4 members (excludes halogenated alkanes) is 1. The van der Waals surface area contributed by atoms with Gasteiger partial charge in [0, 0.05) is 11.6 Å². The van der Waals surface area contributed by atoms with Crippen LogP contribution < -0.4 is 5.73 Å². The lowest BCUT2D eigenvalue weighted by atomic mass is 10.1. The molecule has 0 aliphatic rings. The summed E-state index contributed by atoms with van der Waals surface area (Å²) in [6.45, 7) is 0.640. The first-order chi connectivity index (χ1) is 6.75. The van der Waals surface area contributed by atoms with Gasteiger partial charge in [-0.2, -0.15) is 0 Å². The molecule has 4 heteroatoms. The maximum Gasteiger partial charge on any atom is 0.272 e. The third kappa shape index (κ3) is 2.81. The molecule has 1 aromatic carbocycles. The Kier molecular flexibility index (Phi) is 4.07. The first-order valence-corrected chi connectivity index (χ1v) is 4.68. The summed E-state index contributed by atoms with van der Waals surface area (Å²) >= 11 is 0. The zero-order valence-corrected chi connectivity index (χ0v) is 7.98. The van der Waals surface area contributed by atoms with Crippen LogP contribution in [0.5, 0.6) is 0 Å². The van der Waals surface area contributed by atoms with E-state index in [0.717, 1.165) is 24.8 Å². The molecule has 0 saturated heterocycles. The van der Waals surface area contributed by atoms with Crippen molar-refractivity contribution in [3.8, 4) is 0 Å². The van der Waals surface area contributed by atoms with E-state index in [1.54, 1.807) is 12.1 Å². The lowest BCUT2D eigenvalue weighted by molar-refractivity contribution is -0.385. The van der Waals surface area contributed by atoms with Gasteiger partial charge in [0.1, 0.15) is 0 Å². The van der Waals surface area contributed by atoms with Crippen LogP contribution in [-0.4, -0.2) is 11.5 Å². The number of nitro benzene ring substituents is 1. The molecular weight excluding hydrogens is 180 g/mol. The highest BCUT2D eigenvalue weighted by Crippen LogP contribution is 2.19. The number of nitro groups is 1. The van der Waals surface area contributed by atoms with Crippen LogP contribution in [-0.2, 0) is 6.42 Å². The van der Waals surface area contributed by atoms with Crippen molar-refractivity contribution in [1.82, 2.24) is 0 Å². The number of para-hydroxylation sites is 1. The molecule has 0 unspecified atom stereocenters. The third-order valence-corrected chi connectivity index (χ3v) is 2.09. The van der Waals surface area contributed by atoms with Crippen molar-refractivity contribution in [2.45, 2.75) is 19.3 Å². The zero-order chi connectivity index (χ0) is 10.4. The maximum atomic E-state index is 10.6. The molecule has 76 valence electrons. The quantitative estimate of drug-likeness (QED) is 0.442. The summed E-state index contributed by atoms with van der Waals surface area (Å²) in [4.78, 5) is 10.3. The molecule has 0 amide bonds. The van der Waals surface area contributed by atoms with Crippen molar-refractivity contribution in [2.24, 2.45) is 5.73 Å². The van der Waals surface area contributed by atoms with Crippen LogP contribution in [0.3, 0.4) is 0 Å². The molecule has 0 radical (unpaired) electrons. The molecule has 0 spiro atoms. The molecular formula is C10H14N2O2. The topological polar surface area (TPSA) is 69.2 Å². The van der Waals surface area contributed by atoms with Crippen LogP contribution in [0.1, 0.15) is 18.4 Å². The van der Waals surface area contributed by atoms with E-state index in [1.807, 2.05) is 6.07 Å². The molecule has 0 atom stereocenters. The fourth-order valence-corrected chi connectivity index (χ4v) is 1.36. The minimum Gasteiger partial charge on any atom is -0.330 e. The van der Waals surface area contributed by atoms with E-state index in [9.17, 15) is 10.1 Å². The second kappa shape index (κ2) is 5.34. The molecule has 0 heterocycles. The Morgan fingerprint density at radius 2 is 2.00 bits per heavy atom. The summed E-state index contributed by atoms with van der Waals surface area (Å²) in [6.07, 6.45) is 2.54. The predicted molar refractivity (Wildman–Crippen MR) is 55.1 cm³/mol. The van der Waals surface area contributed by atoms with Gasteiger partial charge in [0.2, 0.25) is 0 Å².